The predicted molar refractivity (Wildman–Crippen MR) is 115 cm³/mol. The van der Waals surface area contributed by atoms with Gasteiger partial charge in [0.15, 0.2) is 0 Å². The third-order valence-electron chi connectivity index (χ3n) is 5.04. The molecule has 6 nitrogen and oxygen atoms in total. The molecule has 2 aromatic rings. The highest BCUT2D eigenvalue weighted by Gasteiger charge is 2.29. The molecule has 2 amide bonds. The van der Waals surface area contributed by atoms with E-state index in [1.165, 1.54) is 33.5 Å². The maximum absolute atomic E-state index is 13.8. The number of hydrogen-bond acceptors (Lipinski definition) is 3. The van der Waals surface area contributed by atoms with Crippen LogP contribution in [0.4, 0.5) is 13.6 Å². The first kappa shape index (κ1) is 23.7. The maximum atomic E-state index is 13.8. The molecule has 0 aliphatic carbocycles. The Morgan fingerprint density at radius 2 is 1.71 bits per heavy atom. The van der Waals surface area contributed by atoms with E-state index in [1.54, 1.807) is 6.92 Å². The molecule has 1 unspecified atom stereocenters. The molecule has 168 valence electrons. The van der Waals surface area contributed by atoms with Gasteiger partial charge in [-0.2, -0.15) is 4.31 Å². The summed E-state index contributed by atoms with van der Waals surface area (Å²) >= 11 is 11.8. The molecule has 0 spiro atoms. The van der Waals surface area contributed by atoms with Gasteiger partial charge in [0, 0.05) is 31.2 Å². The fraction of sp³-hybridized carbons (Fsp3) is 0.350. The van der Waals surface area contributed by atoms with Gasteiger partial charge in [0.1, 0.15) is 11.6 Å². The summed E-state index contributed by atoms with van der Waals surface area (Å²) in [6.07, 6.45) is 0.429. The summed E-state index contributed by atoms with van der Waals surface area (Å²) in [7, 11) is -3.80. The van der Waals surface area contributed by atoms with Crippen LogP contribution < -0.4 is 5.32 Å². The Balaban J connectivity index is 1.66. The van der Waals surface area contributed by atoms with Crippen molar-refractivity contribution < 1.29 is 22.0 Å². The number of sulfonamides is 1. The molecular formula is C20H21Cl2F2N3O3S. The largest absolute Gasteiger partial charge is 0.331 e. The summed E-state index contributed by atoms with van der Waals surface area (Å²) in [6.45, 7) is 2.50. The maximum Gasteiger partial charge on any atom is 0.317 e. The lowest BCUT2D eigenvalue weighted by Crippen LogP contribution is -2.43. The van der Waals surface area contributed by atoms with E-state index in [0.717, 1.165) is 12.1 Å². The lowest BCUT2D eigenvalue weighted by Gasteiger charge is -2.25. The predicted octanol–water partition coefficient (Wildman–Crippen LogP) is 4.44. The van der Waals surface area contributed by atoms with Gasteiger partial charge in [-0.3, -0.25) is 0 Å². The Bertz CT molecular complexity index is 1070. The van der Waals surface area contributed by atoms with Gasteiger partial charge >= 0.3 is 6.03 Å². The average molecular weight is 492 g/mol. The van der Waals surface area contributed by atoms with Gasteiger partial charge in [0.25, 0.3) is 0 Å². The van der Waals surface area contributed by atoms with Gasteiger partial charge in [-0.05, 0) is 55.3 Å². The molecule has 2 aromatic carbocycles. The van der Waals surface area contributed by atoms with Crippen molar-refractivity contribution in [2.24, 2.45) is 0 Å². The smallest absolute Gasteiger partial charge is 0.317 e. The minimum absolute atomic E-state index is 0.000157. The van der Waals surface area contributed by atoms with Crippen LogP contribution in [0.3, 0.4) is 0 Å². The van der Waals surface area contributed by atoms with Crippen molar-refractivity contribution in [3.8, 4) is 0 Å². The van der Waals surface area contributed by atoms with Crippen LogP contribution in [0.15, 0.2) is 41.3 Å². The molecule has 1 atom stereocenters. The molecule has 31 heavy (non-hydrogen) atoms. The molecule has 0 saturated carbocycles. The van der Waals surface area contributed by atoms with Crippen LogP contribution in [0.5, 0.6) is 0 Å². The van der Waals surface area contributed by atoms with Crippen molar-refractivity contribution in [2.45, 2.75) is 24.3 Å². The molecular weight excluding hydrogens is 471 g/mol. The van der Waals surface area contributed by atoms with E-state index in [0.29, 0.717) is 18.5 Å². The molecule has 0 bridgehead atoms. The first-order chi connectivity index (χ1) is 14.6. The minimum Gasteiger partial charge on any atom is -0.331 e. The lowest BCUT2D eigenvalue weighted by atomic mass is 10.1. The van der Waals surface area contributed by atoms with Gasteiger partial charge < -0.3 is 10.2 Å². The number of carbonyl (C=O) groups is 1. The summed E-state index contributed by atoms with van der Waals surface area (Å²) in [5, 5.41) is 2.88. The molecule has 1 saturated heterocycles. The molecule has 1 aliphatic rings. The van der Waals surface area contributed by atoms with Crippen LogP contribution in [0.2, 0.25) is 10.0 Å². The zero-order valence-corrected chi connectivity index (χ0v) is 18.9. The molecule has 1 heterocycles. The van der Waals surface area contributed by atoms with Crippen LogP contribution >= 0.6 is 23.2 Å². The number of amides is 2. The molecule has 11 heteroatoms. The van der Waals surface area contributed by atoms with Crippen molar-refractivity contribution in [3.05, 3.63) is 63.6 Å². The zero-order valence-electron chi connectivity index (χ0n) is 16.6. The fourth-order valence-electron chi connectivity index (χ4n) is 3.32. The number of urea groups is 1. The van der Waals surface area contributed by atoms with Crippen LogP contribution in [0, 0.1) is 11.6 Å². The third kappa shape index (κ3) is 5.46. The van der Waals surface area contributed by atoms with E-state index < -0.39 is 33.7 Å². The van der Waals surface area contributed by atoms with Crippen LogP contribution in [-0.4, -0.2) is 49.8 Å². The lowest BCUT2D eigenvalue weighted by molar-refractivity contribution is 0.197. The number of rotatable bonds is 4. The number of benzene rings is 2. The Hall–Kier alpha value is -1.94. The van der Waals surface area contributed by atoms with E-state index in [4.69, 9.17) is 23.2 Å². The summed E-state index contributed by atoms with van der Waals surface area (Å²) in [5.41, 5.74) is 0.382. The van der Waals surface area contributed by atoms with Crippen LogP contribution in [-0.2, 0) is 10.0 Å². The molecule has 1 fully saturated rings. The number of hydrogen-bond donors (Lipinski definition) is 1. The SMILES string of the molecule is CC(NC(=O)N1CCCN(S(=O)(=O)c2ccc(F)cc2)CC1)c1cc(F)c(Cl)cc1Cl. The summed E-state index contributed by atoms with van der Waals surface area (Å²) in [4.78, 5) is 14.2. The average Bonchev–Trinajstić information content (AvgIpc) is 2.98. The van der Waals surface area contributed by atoms with Crippen molar-refractivity contribution >= 4 is 39.3 Å². The molecule has 0 radical (unpaired) electrons. The van der Waals surface area contributed by atoms with Gasteiger partial charge in [0.05, 0.1) is 16.0 Å². The first-order valence-electron chi connectivity index (χ1n) is 9.55. The van der Waals surface area contributed by atoms with E-state index in [2.05, 4.69) is 5.32 Å². The van der Waals surface area contributed by atoms with Crippen LogP contribution in [0.1, 0.15) is 24.9 Å². The molecule has 1 N–H and O–H groups in total. The number of nitrogens with one attached hydrogen (secondary N) is 1. The Morgan fingerprint density at radius 3 is 2.39 bits per heavy atom. The quantitative estimate of drug-likeness (QED) is 0.642. The topological polar surface area (TPSA) is 69.7 Å². The van der Waals surface area contributed by atoms with Gasteiger partial charge in [-0.15, -0.1) is 0 Å². The number of carbonyl (C=O) groups excluding carboxylic acids is 1. The Kier molecular flexibility index (Phi) is 7.41. The minimum atomic E-state index is -3.80. The first-order valence-corrected chi connectivity index (χ1v) is 11.7. The van der Waals surface area contributed by atoms with E-state index in [1.807, 2.05) is 0 Å². The molecule has 0 aromatic heterocycles. The van der Waals surface area contributed by atoms with E-state index >= 15 is 0 Å². The summed E-state index contributed by atoms with van der Waals surface area (Å²) < 4.78 is 53.8. The molecule has 1 aliphatic heterocycles. The zero-order chi connectivity index (χ0) is 22.8. The van der Waals surface area contributed by atoms with Crippen molar-refractivity contribution in [3.63, 3.8) is 0 Å². The van der Waals surface area contributed by atoms with Crippen molar-refractivity contribution in [2.75, 3.05) is 26.2 Å². The summed E-state index contributed by atoms with van der Waals surface area (Å²) in [6, 6.07) is 6.07. The highest BCUT2D eigenvalue weighted by Crippen LogP contribution is 2.29. The standard InChI is InChI=1S/C20H21Cl2F2N3O3S/c1-13(16-11-19(24)18(22)12-17(16)21)25-20(28)26-7-2-8-27(10-9-26)31(29,30)15-5-3-14(23)4-6-15/h3-6,11-13H,2,7-10H2,1H3,(H,25,28). The fourth-order valence-corrected chi connectivity index (χ4v) is 5.33. The Morgan fingerprint density at radius 1 is 1.03 bits per heavy atom. The second-order valence-corrected chi connectivity index (χ2v) is 9.91. The summed E-state index contributed by atoms with van der Waals surface area (Å²) in [5.74, 6) is -1.16. The highest BCUT2D eigenvalue weighted by molar-refractivity contribution is 7.89. The van der Waals surface area contributed by atoms with E-state index in [-0.39, 0.29) is 34.6 Å². The second kappa shape index (κ2) is 9.68. The van der Waals surface area contributed by atoms with Gasteiger partial charge in [-0.1, -0.05) is 23.2 Å². The number of halogens is 4. The highest BCUT2D eigenvalue weighted by atomic mass is 35.5. The van der Waals surface area contributed by atoms with Gasteiger partial charge in [0.2, 0.25) is 10.0 Å². The Labute approximate surface area is 189 Å². The van der Waals surface area contributed by atoms with Gasteiger partial charge in [-0.25, -0.2) is 22.0 Å². The second-order valence-electron chi connectivity index (χ2n) is 7.16. The van der Waals surface area contributed by atoms with Crippen LogP contribution in [0.25, 0.3) is 0 Å². The van der Waals surface area contributed by atoms with Crippen molar-refractivity contribution in [1.82, 2.24) is 14.5 Å². The monoisotopic (exact) mass is 491 g/mol. The third-order valence-corrected chi connectivity index (χ3v) is 7.57. The number of nitrogens with zero attached hydrogens (tertiary/aromatic N) is 2. The van der Waals surface area contributed by atoms with Crippen molar-refractivity contribution in [1.29, 1.82) is 0 Å². The van der Waals surface area contributed by atoms with E-state index in [9.17, 15) is 22.0 Å². The molecule has 3 rings (SSSR count). The normalized spacial score (nSPS) is 16.6.